The van der Waals surface area contributed by atoms with Gasteiger partial charge in [-0.25, -0.2) is 4.99 Å². The number of methoxy groups -OCH3 is 1. The lowest BCUT2D eigenvalue weighted by Gasteiger charge is -2.16. The van der Waals surface area contributed by atoms with Crippen LogP contribution in [0, 0.1) is 0 Å². The maximum Gasteiger partial charge on any atom is 0.242 e. The Hall–Kier alpha value is -2.80. The molecule has 2 amide bonds. The molecule has 2 N–H and O–H groups in total. The largest absolute Gasteiger partial charge is 0.497 e. The molecule has 1 aliphatic heterocycles. The third-order valence-electron chi connectivity index (χ3n) is 4.39. The molecule has 0 radical (unpaired) electrons. The van der Waals surface area contributed by atoms with Gasteiger partial charge in [0.1, 0.15) is 11.0 Å². The molecular formula is C21H23N3O3S. The predicted molar refractivity (Wildman–Crippen MR) is 112 cm³/mol. The summed E-state index contributed by atoms with van der Waals surface area (Å²) in [5.41, 5.74) is 7.26. The SMILES string of the molecule is COc1ccc(N=C2S[C@@H](CC(N)=O)C(=O)N2CCCc2ccccc2)cc1. The van der Waals surface area contributed by atoms with Crippen molar-refractivity contribution in [3.8, 4) is 5.75 Å². The summed E-state index contributed by atoms with van der Waals surface area (Å²) < 4.78 is 5.16. The fourth-order valence-corrected chi connectivity index (χ4v) is 4.16. The number of nitrogens with zero attached hydrogens (tertiary/aromatic N) is 2. The fourth-order valence-electron chi connectivity index (χ4n) is 2.97. The van der Waals surface area contributed by atoms with E-state index in [1.807, 2.05) is 42.5 Å². The average molecular weight is 398 g/mol. The molecule has 28 heavy (non-hydrogen) atoms. The number of benzene rings is 2. The third kappa shape index (κ3) is 5.13. The maximum atomic E-state index is 12.8. The van der Waals surface area contributed by atoms with Crippen LogP contribution in [0.15, 0.2) is 59.6 Å². The van der Waals surface area contributed by atoms with Gasteiger partial charge in [-0.2, -0.15) is 0 Å². The molecule has 6 nitrogen and oxygen atoms in total. The molecule has 3 rings (SSSR count). The van der Waals surface area contributed by atoms with Gasteiger partial charge in [-0.3, -0.25) is 14.5 Å². The number of aryl methyl sites for hydroxylation is 1. The second kappa shape index (κ2) is 9.41. The number of carbonyl (C=O) groups excluding carboxylic acids is 2. The Balaban J connectivity index is 1.74. The molecule has 0 spiro atoms. The number of ether oxygens (including phenoxy) is 1. The molecule has 1 atom stereocenters. The van der Waals surface area contributed by atoms with E-state index in [9.17, 15) is 9.59 Å². The first-order valence-electron chi connectivity index (χ1n) is 9.10. The zero-order valence-corrected chi connectivity index (χ0v) is 16.5. The molecule has 146 valence electrons. The molecule has 2 aromatic carbocycles. The van der Waals surface area contributed by atoms with Crippen molar-refractivity contribution in [2.24, 2.45) is 10.7 Å². The molecule has 0 aromatic heterocycles. The Morgan fingerprint density at radius 2 is 1.89 bits per heavy atom. The number of amides is 2. The van der Waals surface area contributed by atoms with E-state index in [1.54, 1.807) is 12.0 Å². The fraction of sp³-hybridized carbons (Fsp3) is 0.286. The summed E-state index contributed by atoms with van der Waals surface area (Å²) >= 11 is 1.30. The molecule has 1 heterocycles. The highest BCUT2D eigenvalue weighted by Crippen LogP contribution is 2.32. The number of amidine groups is 1. The first kappa shape index (κ1) is 19.9. The highest BCUT2D eigenvalue weighted by atomic mass is 32.2. The van der Waals surface area contributed by atoms with E-state index in [1.165, 1.54) is 17.3 Å². The topological polar surface area (TPSA) is 85.0 Å². The number of nitrogens with two attached hydrogens (primary N) is 1. The van der Waals surface area contributed by atoms with Crippen LogP contribution in [0.4, 0.5) is 5.69 Å². The number of carbonyl (C=O) groups is 2. The van der Waals surface area contributed by atoms with E-state index in [0.29, 0.717) is 11.7 Å². The van der Waals surface area contributed by atoms with Gasteiger partial charge in [0.2, 0.25) is 11.8 Å². The van der Waals surface area contributed by atoms with Crippen molar-refractivity contribution in [3.63, 3.8) is 0 Å². The lowest BCUT2D eigenvalue weighted by Crippen LogP contribution is -2.34. The van der Waals surface area contributed by atoms with E-state index < -0.39 is 11.2 Å². The minimum atomic E-state index is -0.508. The zero-order chi connectivity index (χ0) is 19.9. The second-order valence-corrected chi connectivity index (χ2v) is 7.62. The van der Waals surface area contributed by atoms with Gasteiger partial charge in [0.15, 0.2) is 5.17 Å². The van der Waals surface area contributed by atoms with E-state index in [0.717, 1.165) is 24.3 Å². The van der Waals surface area contributed by atoms with Crippen molar-refractivity contribution >= 4 is 34.4 Å². The molecule has 1 saturated heterocycles. The van der Waals surface area contributed by atoms with Gasteiger partial charge < -0.3 is 10.5 Å². The number of hydrogen-bond donors (Lipinski definition) is 1. The predicted octanol–water partition coefficient (Wildman–Crippen LogP) is 3.13. The van der Waals surface area contributed by atoms with Crippen LogP contribution in [0.2, 0.25) is 0 Å². The molecule has 0 saturated carbocycles. The molecule has 7 heteroatoms. The Morgan fingerprint density at radius 1 is 1.18 bits per heavy atom. The highest BCUT2D eigenvalue weighted by Gasteiger charge is 2.38. The van der Waals surface area contributed by atoms with Crippen molar-refractivity contribution in [1.82, 2.24) is 4.90 Å². The van der Waals surface area contributed by atoms with Gasteiger partial charge in [-0.05, 0) is 42.7 Å². The molecule has 1 fully saturated rings. The number of aliphatic imine (C=N–C) groups is 1. The molecule has 0 bridgehead atoms. The van der Waals surface area contributed by atoms with E-state index in [4.69, 9.17) is 10.5 Å². The average Bonchev–Trinajstić information content (AvgIpc) is 2.97. The van der Waals surface area contributed by atoms with Gasteiger partial charge in [0, 0.05) is 13.0 Å². The monoisotopic (exact) mass is 397 g/mol. The number of rotatable bonds is 8. The Morgan fingerprint density at radius 3 is 2.54 bits per heavy atom. The quantitative estimate of drug-likeness (QED) is 0.742. The van der Waals surface area contributed by atoms with Crippen molar-refractivity contribution in [1.29, 1.82) is 0 Å². The highest BCUT2D eigenvalue weighted by molar-refractivity contribution is 8.15. The lowest BCUT2D eigenvalue weighted by molar-refractivity contribution is -0.128. The van der Waals surface area contributed by atoms with Gasteiger partial charge in [0.05, 0.1) is 12.8 Å². The Bertz CT molecular complexity index is 853. The first-order chi connectivity index (χ1) is 13.6. The van der Waals surface area contributed by atoms with Crippen LogP contribution in [0.5, 0.6) is 5.75 Å². The summed E-state index contributed by atoms with van der Waals surface area (Å²) in [6.07, 6.45) is 1.69. The van der Waals surface area contributed by atoms with E-state index in [-0.39, 0.29) is 12.3 Å². The minimum absolute atomic E-state index is 0.0142. The molecule has 0 aliphatic carbocycles. The summed E-state index contributed by atoms with van der Waals surface area (Å²) in [4.78, 5) is 30.4. The third-order valence-corrected chi connectivity index (χ3v) is 5.57. The van der Waals surface area contributed by atoms with Gasteiger partial charge in [-0.15, -0.1) is 0 Å². The smallest absolute Gasteiger partial charge is 0.242 e. The van der Waals surface area contributed by atoms with Crippen LogP contribution in [0.3, 0.4) is 0 Å². The van der Waals surface area contributed by atoms with E-state index in [2.05, 4.69) is 17.1 Å². The van der Waals surface area contributed by atoms with Crippen molar-refractivity contribution in [2.75, 3.05) is 13.7 Å². The zero-order valence-electron chi connectivity index (χ0n) is 15.7. The molecule has 2 aromatic rings. The maximum absolute atomic E-state index is 12.8. The first-order valence-corrected chi connectivity index (χ1v) is 9.98. The van der Waals surface area contributed by atoms with E-state index >= 15 is 0 Å². The standard InChI is InChI=1S/C21H23N3O3S/c1-27-17-11-9-16(10-12-17)23-21-24(20(26)18(28-21)14-19(22)25)13-5-8-15-6-3-2-4-7-15/h2-4,6-7,9-12,18H,5,8,13-14H2,1H3,(H2,22,25)/t18-/m0/s1. The number of thioether (sulfide) groups is 1. The van der Waals surface area contributed by atoms with Gasteiger partial charge >= 0.3 is 0 Å². The minimum Gasteiger partial charge on any atom is -0.497 e. The van der Waals surface area contributed by atoms with Crippen LogP contribution >= 0.6 is 11.8 Å². The lowest BCUT2D eigenvalue weighted by atomic mass is 10.1. The summed E-state index contributed by atoms with van der Waals surface area (Å²) in [5, 5.41) is 0.0979. The van der Waals surface area contributed by atoms with Crippen LogP contribution in [0.1, 0.15) is 18.4 Å². The van der Waals surface area contributed by atoms with Crippen LogP contribution in [-0.2, 0) is 16.0 Å². The van der Waals surface area contributed by atoms with Gasteiger partial charge in [0.25, 0.3) is 0 Å². The van der Waals surface area contributed by atoms with Crippen molar-refractivity contribution in [2.45, 2.75) is 24.5 Å². The summed E-state index contributed by atoms with van der Waals surface area (Å²) in [6, 6.07) is 17.4. The summed E-state index contributed by atoms with van der Waals surface area (Å²) in [6.45, 7) is 0.547. The normalized spacial score (nSPS) is 17.9. The molecule has 0 unspecified atom stereocenters. The second-order valence-electron chi connectivity index (χ2n) is 6.45. The summed E-state index contributed by atoms with van der Waals surface area (Å²) in [5.74, 6) is 0.148. The van der Waals surface area contributed by atoms with Gasteiger partial charge in [-0.1, -0.05) is 42.1 Å². The Labute approximate surface area is 168 Å². The molecule has 1 aliphatic rings. The van der Waals surface area contributed by atoms with Crippen molar-refractivity contribution in [3.05, 3.63) is 60.2 Å². The number of primary amides is 1. The number of hydrogen-bond acceptors (Lipinski definition) is 5. The summed E-state index contributed by atoms with van der Waals surface area (Å²) in [7, 11) is 1.61. The van der Waals surface area contributed by atoms with Crippen LogP contribution in [-0.4, -0.2) is 40.8 Å². The molecular weight excluding hydrogens is 374 g/mol. The Kier molecular flexibility index (Phi) is 6.71. The van der Waals surface area contributed by atoms with Crippen molar-refractivity contribution < 1.29 is 14.3 Å². The van der Waals surface area contributed by atoms with Crippen LogP contribution < -0.4 is 10.5 Å². The van der Waals surface area contributed by atoms with Crippen LogP contribution in [0.25, 0.3) is 0 Å².